The zero-order valence-electron chi connectivity index (χ0n) is 13.0. The lowest BCUT2D eigenvalue weighted by molar-refractivity contribution is 0.0354. The van der Waals surface area contributed by atoms with Crippen LogP contribution in [0.25, 0.3) is 0 Å². The Balaban J connectivity index is 2.50. The lowest BCUT2D eigenvalue weighted by atomic mass is 9.82. The minimum Gasteiger partial charge on any atom is -0.497 e. The number of rotatable bonds is 10. The van der Waals surface area contributed by atoms with Crippen LogP contribution in [-0.2, 0) is 11.3 Å². The van der Waals surface area contributed by atoms with E-state index in [1.54, 1.807) is 7.11 Å². The molecule has 0 aliphatic carbocycles. The van der Waals surface area contributed by atoms with Crippen molar-refractivity contribution in [2.24, 2.45) is 5.41 Å². The molecule has 0 unspecified atom stereocenters. The van der Waals surface area contributed by atoms with Crippen molar-refractivity contribution in [1.82, 2.24) is 0 Å². The van der Waals surface area contributed by atoms with Gasteiger partial charge in [-0.15, -0.1) is 0 Å². The van der Waals surface area contributed by atoms with E-state index in [-0.39, 0.29) is 5.41 Å². The van der Waals surface area contributed by atoms with E-state index in [0.29, 0.717) is 6.61 Å². The van der Waals surface area contributed by atoms with E-state index < -0.39 is 0 Å². The molecule has 0 saturated carbocycles. The predicted molar refractivity (Wildman–Crippen MR) is 88.7 cm³/mol. The van der Waals surface area contributed by atoms with Gasteiger partial charge in [0.15, 0.2) is 0 Å². The Hall–Kier alpha value is -0.540. The van der Waals surface area contributed by atoms with Gasteiger partial charge >= 0.3 is 0 Å². The Morgan fingerprint density at radius 3 is 2.10 bits per heavy atom. The molecule has 0 aromatic heterocycles. The van der Waals surface area contributed by atoms with Gasteiger partial charge in [-0.3, -0.25) is 0 Å². The molecule has 3 heteroatoms. The summed E-state index contributed by atoms with van der Waals surface area (Å²) in [6, 6.07) is 8.09. The first-order chi connectivity index (χ1) is 9.69. The molecule has 0 atom stereocenters. The number of hydrogen-bond acceptors (Lipinski definition) is 2. The topological polar surface area (TPSA) is 18.5 Å². The fraction of sp³-hybridized carbons (Fsp3) is 0.647. The van der Waals surface area contributed by atoms with Crippen LogP contribution in [0.1, 0.15) is 45.1 Å². The molecule has 0 amide bonds. The molecule has 0 heterocycles. The quantitative estimate of drug-likeness (QED) is 0.544. The van der Waals surface area contributed by atoms with E-state index >= 15 is 0 Å². The van der Waals surface area contributed by atoms with Crippen molar-refractivity contribution >= 4 is 15.9 Å². The Morgan fingerprint density at radius 2 is 1.65 bits per heavy atom. The minimum absolute atomic E-state index is 0.288. The number of hydrogen-bond donors (Lipinski definition) is 0. The number of methoxy groups -OCH3 is 1. The molecular weight excluding hydrogens is 316 g/mol. The molecule has 114 valence electrons. The normalized spacial score (nSPS) is 11.6. The highest BCUT2D eigenvalue weighted by Crippen LogP contribution is 2.32. The van der Waals surface area contributed by atoms with Crippen molar-refractivity contribution in [3.63, 3.8) is 0 Å². The molecule has 0 bridgehead atoms. The summed E-state index contributed by atoms with van der Waals surface area (Å²) < 4.78 is 11.1. The van der Waals surface area contributed by atoms with Crippen LogP contribution in [0.5, 0.6) is 5.75 Å². The van der Waals surface area contributed by atoms with E-state index in [1.807, 2.05) is 12.1 Å². The molecule has 2 nitrogen and oxygen atoms in total. The summed E-state index contributed by atoms with van der Waals surface area (Å²) in [5, 5.41) is 1.02. The highest BCUT2D eigenvalue weighted by molar-refractivity contribution is 9.09. The largest absolute Gasteiger partial charge is 0.497 e. The van der Waals surface area contributed by atoms with Crippen LogP contribution in [-0.4, -0.2) is 19.0 Å². The van der Waals surface area contributed by atoms with Crippen LogP contribution < -0.4 is 4.74 Å². The van der Waals surface area contributed by atoms with Gasteiger partial charge < -0.3 is 9.47 Å². The van der Waals surface area contributed by atoms with Crippen LogP contribution in [0.3, 0.4) is 0 Å². The molecule has 0 saturated heterocycles. The molecule has 0 N–H and O–H groups in total. The average Bonchev–Trinajstić information content (AvgIpc) is 2.48. The van der Waals surface area contributed by atoms with Crippen molar-refractivity contribution in [3.05, 3.63) is 29.8 Å². The summed E-state index contributed by atoms with van der Waals surface area (Å²) in [6.07, 6.45) is 4.85. The highest BCUT2D eigenvalue weighted by Gasteiger charge is 2.27. The summed E-state index contributed by atoms with van der Waals surface area (Å²) >= 11 is 3.68. The lowest BCUT2D eigenvalue weighted by Gasteiger charge is -2.31. The number of benzene rings is 1. The molecule has 1 aromatic carbocycles. The zero-order chi connectivity index (χ0) is 14.8. The van der Waals surface area contributed by atoms with E-state index in [2.05, 4.69) is 41.9 Å². The van der Waals surface area contributed by atoms with E-state index in [4.69, 9.17) is 9.47 Å². The van der Waals surface area contributed by atoms with Gasteiger partial charge in [0.2, 0.25) is 0 Å². The minimum atomic E-state index is 0.288. The van der Waals surface area contributed by atoms with Crippen LogP contribution in [0.15, 0.2) is 24.3 Å². The standard InChI is InChI=1S/C17H27BrO2/c1-4-10-17(13-18,11-5-2)14-20-12-15-6-8-16(19-3)9-7-15/h6-9H,4-5,10-14H2,1-3H3. The van der Waals surface area contributed by atoms with Crippen LogP contribution in [0.4, 0.5) is 0 Å². The van der Waals surface area contributed by atoms with Crippen LogP contribution in [0, 0.1) is 5.41 Å². The van der Waals surface area contributed by atoms with E-state index in [0.717, 1.165) is 17.7 Å². The average molecular weight is 343 g/mol. The van der Waals surface area contributed by atoms with Gasteiger partial charge in [0.25, 0.3) is 0 Å². The fourth-order valence-corrected chi connectivity index (χ4v) is 3.33. The van der Waals surface area contributed by atoms with Crippen molar-refractivity contribution in [3.8, 4) is 5.75 Å². The second-order valence-electron chi connectivity index (χ2n) is 5.47. The maximum absolute atomic E-state index is 5.98. The first-order valence-electron chi connectivity index (χ1n) is 7.46. The Bertz CT molecular complexity index is 356. The molecule has 1 rings (SSSR count). The Kier molecular flexibility index (Phi) is 8.24. The second kappa shape index (κ2) is 9.41. The van der Waals surface area contributed by atoms with Crippen molar-refractivity contribution < 1.29 is 9.47 Å². The third kappa shape index (κ3) is 5.45. The monoisotopic (exact) mass is 342 g/mol. The van der Waals surface area contributed by atoms with Gasteiger partial charge in [-0.25, -0.2) is 0 Å². The third-order valence-corrected chi connectivity index (χ3v) is 4.87. The number of halogens is 1. The van der Waals surface area contributed by atoms with Gasteiger partial charge in [0.1, 0.15) is 5.75 Å². The predicted octanol–water partition coefficient (Wildman–Crippen LogP) is 5.19. The number of alkyl halides is 1. The SMILES string of the molecule is CCCC(CBr)(CCC)COCc1ccc(OC)cc1. The zero-order valence-corrected chi connectivity index (χ0v) is 14.5. The second-order valence-corrected chi connectivity index (χ2v) is 6.04. The molecule has 0 fully saturated rings. The molecule has 0 aliphatic rings. The highest BCUT2D eigenvalue weighted by atomic mass is 79.9. The Labute approximate surface area is 132 Å². The van der Waals surface area contributed by atoms with Gasteiger partial charge in [-0.1, -0.05) is 54.8 Å². The molecule has 0 radical (unpaired) electrons. The van der Waals surface area contributed by atoms with Gasteiger partial charge in [-0.2, -0.15) is 0 Å². The van der Waals surface area contributed by atoms with Crippen molar-refractivity contribution in [2.75, 3.05) is 19.0 Å². The Morgan fingerprint density at radius 1 is 1.05 bits per heavy atom. The molecule has 0 aliphatic heterocycles. The maximum atomic E-state index is 5.98. The summed E-state index contributed by atoms with van der Waals surface area (Å²) in [5.74, 6) is 0.889. The van der Waals surface area contributed by atoms with Crippen molar-refractivity contribution in [2.45, 2.75) is 46.1 Å². The fourth-order valence-electron chi connectivity index (χ4n) is 2.61. The maximum Gasteiger partial charge on any atom is 0.118 e. The van der Waals surface area contributed by atoms with Gasteiger partial charge in [-0.05, 0) is 30.5 Å². The summed E-state index contributed by atoms with van der Waals surface area (Å²) in [4.78, 5) is 0. The van der Waals surface area contributed by atoms with Gasteiger partial charge in [0, 0.05) is 10.7 Å². The number of ether oxygens (including phenoxy) is 2. The van der Waals surface area contributed by atoms with E-state index in [1.165, 1.54) is 31.2 Å². The summed E-state index contributed by atoms with van der Waals surface area (Å²) in [6.45, 7) is 5.99. The van der Waals surface area contributed by atoms with E-state index in [9.17, 15) is 0 Å². The van der Waals surface area contributed by atoms with Crippen LogP contribution >= 0.6 is 15.9 Å². The molecular formula is C17H27BrO2. The van der Waals surface area contributed by atoms with Gasteiger partial charge in [0.05, 0.1) is 20.3 Å². The first-order valence-corrected chi connectivity index (χ1v) is 8.58. The molecule has 20 heavy (non-hydrogen) atoms. The lowest BCUT2D eigenvalue weighted by Crippen LogP contribution is -2.28. The molecule has 0 spiro atoms. The summed E-state index contributed by atoms with van der Waals surface area (Å²) in [5.41, 5.74) is 1.48. The van der Waals surface area contributed by atoms with Crippen LogP contribution in [0.2, 0.25) is 0 Å². The smallest absolute Gasteiger partial charge is 0.118 e. The third-order valence-electron chi connectivity index (χ3n) is 3.68. The summed E-state index contributed by atoms with van der Waals surface area (Å²) in [7, 11) is 1.69. The first kappa shape index (κ1) is 17.5. The van der Waals surface area contributed by atoms with Crippen molar-refractivity contribution in [1.29, 1.82) is 0 Å². The molecule has 1 aromatic rings.